The lowest BCUT2D eigenvalue weighted by Gasteiger charge is -2.28. The van der Waals surface area contributed by atoms with Crippen LogP contribution in [0.2, 0.25) is 0 Å². The number of allylic oxidation sites excluding steroid dienone is 2. The minimum Gasteiger partial charge on any atom is -0.333 e. The van der Waals surface area contributed by atoms with Gasteiger partial charge in [-0.1, -0.05) is 121 Å². The van der Waals surface area contributed by atoms with Crippen molar-refractivity contribution in [1.82, 2.24) is 14.5 Å². The molecule has 0 bridgehead atoms. The first kappa shape index (κ1) is 30.7. The van der Waals surface area contributed by atoms with Crippen molar-refractivity contribution in [1.29, 1.82) is 0 Å². The summed E-state index contributed by atoms with van der Waals surface area (Å²) in [6.45, 7) is 0. The highest BCUT2D eigenvalue weighted by molar-refractivity contribution is 7.27. The number of rotatable bonds is 3. The van der Waals surface area contributed by atoms with Crippen LogP contribution < -0.4 is 4.90 Å². The second kappa shape index (κ2) is 11.5. The molecule has 2 aliphatic rings. The van der Waals surface area contributed by atoms with Gasteiger partial charge in [-0.05, 0) is 54.1 Å². The summed E-state index contributed by atoms with van der Waals surface area (Å²) in [6, 6.07) is 53.2. The van der Waals surface area contributed by atoms with Gasteiger partial charge in [-0.25, -0.2) is 9.97 Å². The highest BCUT2D eigenvalue weighted by Gasteiger charge is 2.37. The Hall–Kier alpha value is -6.60. The lowest BCUT2D eigenvalue weighted by molar-refractivity contribution is 0.745. The summed E-state index contributed by atoms with van der Waals surface area (Å²) in [5, 5.41) is 9.90. The van der Waals surface area contributed by atoms with E-state index in [-0.39, 0.29) is 12.0 Å². The Balaban J connectivity index is 1.14. The van der Waals surface area contributed by atoms with Crippen molar-refractivity contribution >= 4 is 107 Å². The number of para-hydroxylation sites is 2. The number of anilines is 2. The lowest BCUT2D eigenvalue weighted by atomic mass is 9.90. The fourth-order valence-electron chi connectivity index (χ4n) is 9.60. The van der Waals surface area contributed by atoms with Gasteiger partial charge >= 0.3 is 0 Å². The van der Waals surface area contributed by atoms with E-state index in [4.69, 9.17) is 9.97 Å². The van der Waals surface area contributed by atoms with Crippen molar-refractivity contribution in [2.75, 3.05) is 4.90 Å². The Morgan fingerprint density at radius 3 is 2.05 bits per heavy atom. The van der Waals surface area contributed by atoms with Crippen LogP contribution in [0.25, 0.3) is 90.3 Å². The Morgan fingerprint density at radius 2 is 1.21 bits per heavy atom. The molecule has 0 spiro atoms. The smallest absolute Gasteiger partial charge is 0.163 e. The van der Waals surface area contributed by atoms with Crippen molar-refractivity contribution in [3.05, 3.63) is 175 Å². The average molecular weight is 751 g/mol. The molecule has 2 unspecified atom stereocenters. The molecule has 0 saturated heterocycles. The van der Waals surface area contributed by atoms with E-state index in [0.29, 0.717) is 0 Å². The predicted octanol–water partition coefficient (Wildman–Crippen LogP) is 13.9. The molecule has 5 heterocycles. The molecule has 0 amide bonds. The summed E-state index contributed by atoms with van der Waals surface area (Å²) >= 11 is 3.65. The maximum Gasteiger partial charge on any atom is 0.163 e. The summed E-state index contributed by atoms with van der Waals surface area (Å²) in [7, 11) is 0. The van der Waals surface area contributed by atoms with Crippen LogP contribution >= 0.6 is 22.7 Å². The zero-order valence-electron chi connectivity index (χ0n) is 29.9. The van der Waals surface area contributed by atoms with Crippen molar-refractivity contribution in [3.63, 3.8) is 0 Å². The van der Waals surface area contributed by atoms with Gasteiger partial charge in [0.1, 0.15) is 4.83 Å². The molecule has 2 atom stereocenters. The summed E-state index contributed by atoms with van der Waals surface area (Å²) in [5.74, 6) is 1.89. The molecule has 4 nitrogen and oxygen atoms in total. The molecular weight excluding hydrogens is 721 g/mol. The minimum atomic E-state index is 0.213. The van der Waals surface area contributed by atoms with Gasteiger partial charge in [0.15, 0.2) is 11.6 Å². The van der Waals surface area contributed by atoms with Gasteiger partial charge < -0.3 is 4.90 Å². The van der Waals surface area contributed by atoms with Gasteiger partial charge in [0.2, 0.25) is 0 Å². The molecule has 0 fully saturated rings. The molecule has 1 aliphatic heterocycles. The quantitative estimate of drug-likeness (QED) is 0.180. The van der Waals surface area contributed by atoms with E-state index in [1.807, 2.05) is 11.3 Å². The molecule has 7 aromatic carbocycles. The standard InChI is InChI=1S/C50H30N4S2/c1-2-14-30(15-3-1)53-38-22-10-6-16-31(38)37-28-29(26-27-40(37)53)48-51-49(45-36-21-9-13-25-42(36)56-50(45)52-48)54-39-23-11-7-19-34(39)43-44-35-20-8-12-24-41(35)55-47(44)33-18-5-4-17-32(33)46(43)54/h1-28,31,38H. The van der Waals surface area contributed by atoms with E-state index in [0.717, 1.165) is 32.9 Å². The molecule has 56 heavy (non-hydrogen) atoms. The van der Waals surface area contributed by atoms with Gasteiger partial charge in [-0.3, -0.25) is 4.57 Å². The molecule has 11 aromatic rings. The lowest BCUT2D eigenvalue weighted by Crippen LogP contribution is -2.28. The topological polar surface area (TPSA) is 34.0 Å². The maximum absolute atomic E-state index is 5.70. The van der Waals surface area contributed by atoms with Crippen LogP contribution in [-0.4, -0.2) is 20.6 Å². The van der Waals surface area contributed by atoms with E-state index in [1.54, 1.807) is 11.3 Å². The number of aromatic nitrogens is 3. The molecule has 6 heteroatoms. The van der Waals surface area contributed by atoms with E-state index in [1.165, 1.54) is 74.3 Å². The fraction of sp³-hybridized carbons (Fsp3) is 0.0400. The number of hydrogen-bond donors (Lipinski definition) is 0. The zero-order chi connectivity index (χ0) is 36.5. The Kier molecular flexibility index (Phi) is 6.28. The maximum atomic E-state index is 5.70. The third-order valence-electron chi connectivity index (χ3n) is 11.9. The first-order valence-corrected chi connectivity index (χ1v) is 20.7. The number of nitrogens with zero attached hydrogens (tertiary/aromatic N) is 4. The molecule has 1 aliphatic carbocycles. The Labute approximate surface area is 329 Å². The van der Waals surface area contributed by atoms with Gasteiger partial charge in [0.05, 0.1) is 22.5 Å². The fourth-order valence-corrected chi connectivity index (χ4v) is 11.9. The van der Waals surface area contributed by atoms with Crippen molar-refractivity contribution in [2.45, 2.75) is 12.0 Å². The van der Waals surface area contributed by atoms with E-state index in [2.05, 4.69) is 179 Å². The summed E-state index contributed by atoms with van der Waals surface area (Å²) < 4.78 is 6.31. The monoisotopic (exact) mass is 750 g/mol. The molecule has 0 radical (unpaired) electrons. The summed E-state index contributed by atoms with van der Waals surface area (Å²) in [6.07, 6.45) is 9.03. The highest BCUT2D eigenvalue weighted by Crippen LogP contribution is 2.51. The highest BCUT2D eigenvalue weighted by atomic mass is 32.1. The van der Waals surface area contributed by atoms with Crippen LogP contribution in [0.5, 0.6) is 0 Å². The third kappa shape index (κ3) is 4.12. The number of benzene rings is 7. The molecule has 4 aromatic heterocycles. The Morgan fingerprint density at radius 1 is 0.536 bits per heavy atom. The summed E-state index contributed by atoms with van der Waals surface area (Å²) in [4.78, 5) is 14.6. The van der Waals surface area contributed by atoms with Crippen LogP contribution in [-0.2, 0) is 0 Å². The van der Waals surface area contributed by atoms with Gasteiger partial charge in [-0.2, -0.15) is 0 Å². The molecule has 0 saturated carbocycles. The average Bonchev–Trinajstić information content (AvgIpc) is 4.01. The Bertz CT molecular complexity index is 3510. The van der Waals surface area contributed by atoms with Crippen molar-refractivity contribution in [2.24, 2.45) is 0 Å². The largest absolute Gasteiger partial charge is 0.333 e. The number of hydrogen-bond acceptors (Lipinski definition) is 5. The van der Waals surface area contributed by atoms with Crippen LogP contribution in [0.4, 0.5) is 11.4 Å². The van der Waals surface area contributed by atoms with E-state index in [9.17, 15) is 0 Å². The van der Waals surface area contributed by atoms with Crippen LogP contribution in [0.3, 0.4) is 0 Å². The van der Waals surface area contributed by atoms with Crippen molar-refractivity contribution < 1.29 is 0 Å². The van der Waals surface area contributed by atoms with Crippen LogP contribution in [0, 0.1) is 0 Å². The number of thiophene rings is 2. The first-order valence-electron chi connectivity index (χ1n) is 19.1. The zero-order valence-corrected chi connectivity index (χ0v) is 31.6. The molecule has 0 N–H and O–H groups in total. The molecule has 13 rings (SSSR count). The second-order valence-corrected chi connectivity index (χ2v) is 16.9. The SMILES string of the molecule is C1=CC2c3cc(-c4nc(-n5c6ccccc6c6c7c8ccccc8sc7c7ccccc7c65)c5c(n4)sc4ccccc45)ccc3N(c3ccccc3)C2C=C1. The van der Waals surface area contributed by atoms with Crippen LogP contribution in [0.15, 0.2) is 170 Å². The molecular formula is C50H30N4S2. The normalized spacial score (nSPS) is 16.4. The number of fused-ring (bicyclic) bond motifs is 16. The predicted molar refractivity (Wildman–Crippen MR) is 238 cm³/mol. The van der Waals surface area contributed by atoms with Crippen LogP contribution in [0.1, 0.15) is 11.5 Å². The molecule has 262 valence electrons. The van der Waals surface area contributed by atoms with Crippen molar-refractivity contribution in [3.8, 4) is 17.2 Å². The first-order chi connectivity index (χ1) is 27.8. The van der Waals surface area contributed by atoms with E-state index < -0.39 is 0 Å². The third-order valence-corrected chi connectivity index (χ3v) is 14.2. The minimum absolute atomic E-state index is 0.213. The summed E-state index contributed by atoms with van der Waals surface area (Å²) in [5.41, 5.74) is 7.09. The van der Waals surface area contributed by atoms with Gasteiger partial charge in [0, 0.05) is 74.7 Å². The van der Waals surface area contributed by atoms with E-state index >= 15 is 0 Å². The van der Waals surface area contributed by atoms with Gasteiger partial charge in [0.25, 0.3) is 0 Å². The van der Waals surface area contributed by atoms with Gasteiger partial charge in [-0.15, -0.1) is 22.7 Å². The second-order valence-electron chi connectivity index (χ2n) is 14.8.